The normalized spacial score (nSPS) is 20.2. The molecule has 2 nitrogen and oxygen atoms in total. The number of thioether (sulfide) groups is 1. The van der Waals surface area contributed by atoms with E-state index in [1.165, 1.54) is 0 Å². The van der Waals surface area contributed by atoms with Crippen LogP contribution in [0.5, 0.6) is 0 Å². The van der Waals surface area contributed by atoms with Gasteiger partial charge in [-0.1, -0.05) is 29.3 Å². The van der Waals surface area contributed by atoms with Crippen molar-refractivity contribution in [1.82, 2.24) is 5.32 Å². The summed E-state index contributed by atoms with van der Waals surface area (Å²) in [7, 11) is 0. The molecule has 1 saturated heterocycles. The van der Waals surface area contributed by atoms with Gasteiger partial charge in [0, 0.05) is 24.5 Å². The van der Waals surface area contributed by atoms with Gasteiger partial charge >= 0.3 is 0 Å². The van der Waals surface area contributed by atoms with Crippen molar-refractivity contribution in [3.8, 4) is 0 Å². The molecule has 1 unspecified atom stereocenters. The largest absolute Gasteiger partial charge is 0.306 e. The molecule has 92 valence electrons. The standard InChI is InChI=1S/C12H13Cl2NOS/c13-9-2-1-8(5-10(9)14)6-12(16)11-7-17-4-3-15-11/h1-2,5,11,15H,3-4,6-7H2. The van der Waals surface area contributed by atoms with Crippen molar-refractivity contribution in [3.05, 3.63) is 33.8 Å². The third-order valence-corrected chi connectivity index (χ3v) is 4.47. The number of Topliss-reactive ketones (excluding diaryl/α,β-unsaturated/α-hetero) is 1. The van der Waals surface area contributed by atoms with Crippen molar-refractivity contribution in [2.75, 3.05) is 18.1 Å². The number of carbonyl (C=O) groups excluding carboxylic acids is 1. The number of hydrogen-bond acceptors (Lipinski definition) is 3. The molecular weight excluding hydrogens is 277 g/mol. The molecule has 0 spiro atoms. The average Bonchev–Trinajstić information content (AvgIpc) is 2.35. The molecule has 1 aromatic carbocycles. The van der Waals surface area contributed by atoms with Gasteiger partial charge in [-0.3, -0.25) is 4.79 Å². The topological polar surface area (TPSA) is 29.1 Å². The number of hydrogen-bond donors (Lipinski definition) is 1. The van der Waals surface area contributed by atoms with Gasteiger partial charge in [0.25, 0.3) is 0 Å². The summed E-state index contributed by atoms with van der Waals surface area (Å²) in [5.74, 6) is 2.16. The van der Waals surface area contributed by atoms with E-state index in [9.17, 15) is 4.79 Å². The zero-order valence-corrected chi connectivity index (χ0v) is 11.5. The van der Waals surface area contributed by atoms with Crippen LogP contribution in [0.4, 0.5) is 0 Å². The predicted octanol–water partition coefficient (Wildman–Crippen LogP) is 2.81. The number of benzene rings is 1. The van der Waals surface area contributed by atoms with E-state index in [0.717, 1.165) is 23.6 Å². The minimum Gasteiger partial charge on any atom is -0.306 e. The summed E-state index contributed by atoms with van der Waals surface area (Å²) in [4.78, 5) is 12.0. The van der Waals surface area contributed by atoms with E-state index < -0.39 is 0 Å². The van der Waals surface area contributed by atoms with E-state index in [2.05, 4.69) is 5.32 Å². The fourth-order valence-corrected chi connectivity index (χ4v) is 3.04. The first-order valence-corrected chi connectivity index (χ1v) is 7.35. The zero-order valence-electron chi connectivity index (χ0n) is 9.21. The minimum absolute atomic E-state index is 0.0248. The van der Waals surface area contributed by atoms with Gasteiger partial charge in [-0.25, -0.2) is 0 Å². The van der Waals surface area contributed by atoms with Crippen LogP contribution in [0, 0.1) is 0 Å². The molecule has 17 heavy (non-hydrogen) atoms. The van der Waals surface area contributed by atoms with Gasteiger partial charge in [0.2, 0.25) is 0 Å². The lowest BCUT2D eigenvalue weighted by Crippen LogP contribution is -2.44. The summed E-state index contributed by atoms with van der Waals surface area (Å²) >= 11 is 13.6. The molecule has 1 aromatic rings. The molecule has 1 aliphatic rings. The molecule has 2 rings (SSSR count). The second kappa shape index (κ2) is 6.10. The van der Waals surface area contributed by atoms with Crippen LogP contribution in [0.2, 0.25) is 10.0 Å². The van der Waals surface area contributed by atoms with Gasteiger partial charge in [-0.2, -0.15) is 11.8 Å². The third kappa shape index (κ3) is 3.62. The van der Waals surface area contributed by atoms with Crippen molar-refractivity contribution in [1.29, 1.82) is 0 Å². The molecule has 0 aliphatic carbocycles. The average molecular weight is 290 g/mol. The summed E-state index contributed by atoms with van der Waals surface area (Å²) in [6.45, 7) is 0.905. The fourth-order valence-electron chi connectivity index (χ4n) is 1.75. The van der Waals surface area contributed by atoms with Crippen LogP contribution < -0.4 is 5.32 Å². The number of halogens is 2. The molecule has 0 radical (unpaired) electrons. The van der Waals surface area contributed by atoms with Gasteiger partial charge in [0.1, 0.15) is 0 Å². The summed E-state index contributed by atoms with van der Waals surface area (Å²) < 4.78 is 0. The molecule has 0 amide bonds. The van der Waals surface area contributed by atoms with Crippen LogP contribution in [-0.4, -0.2) is 29.9 Å². The number of ketones is 1. The van der Waals surface area contributed by atoms with Crippen LogP contribution >= 0.6 is 35.0 Å². The first-order valence-electron chi connectivity index (χ1n) is 5.44. The highest BCUT2D eigenvalue weighted by Crippen LogP contribution is 2.23. The highest BCUT2D eigenvalue weighted by atomic mass is 35.5. The van der Waals surface area contributed by atoms with Gasteiger partial charge < -0.3 is 5.32 Å². The summed E-state index contributed by atoms with van der Waals surface area (Å²) in [5, 5.41) is 4.26. The lowest BCUT2D eigenvalue weighted by molar-refractivity contribution is -0.119. The lowest BCUT2D eigenvalue weighted by Gasteiger charge is -2.21. The fraction of sp³-hybridized carbons (Fsp3) is 0.417. The molecule has 1 atom stereocenters. The van der Waals surface area contributed by atoms with Crippen molar-refractivity contribution < 1.29 is 4.79 Å². The quantitative estimate of drug-likeness (QED) is 0.928. The van der Waals surface area contributed by atoms with Crippen molar-refractivity contribution in [2.45, 2.75) is 12.5 Å². The number of nitrogens with one attached hydrogen (secondary N) is 1. The van der Waals surface area contributed by atoms with Gasteiger partial charge in [-0.05, 0) is 17.7 Å². The SMILES string of the molecule is O=C(Cc1ccc(Cl)c(Cl)c1)C1CSCCN1. The van der Waals surface area contributed by atoms with Crippen molar-refractivity contribution >= 4 is 40.7 Å². The molecular formula is C12H13Cl2NOS. The summed E-state index contributed by atoms with van der Waals surface area (Å²) in [5.41, 5.74) is 0.918. The van der Waals surface area contributed by atoms with E-state index in [1.54, 1.807) is 12.1 Å². The first kappa shape index (κ1) is 13.2. The monoisotopic (exact) mass is 289 g/mol. The highest BCUT2D eigenvalue weighted by molar-refractivity contribution is 7.99. The predicted molar refractivity (Wildman–Crippen MR) is 74.3 cm³/mol. The van der Waals surface area contributed by atoms with Crippen LogP contribution in [0.3, 0.4) is 0 Å². The number of rotatable bonds is 3. The molecule has 0 saturated carbocycles. The molecule has 1 aliphatic heterocycles. The Bertz CT molecular complexity index is 419. The molecule has 1 fully saturated rings. The van der Waals surface area contributed by atoms with E-state index >= 15 is 0 Å². The van der Waals surface area contributed by atoms with Crippen LogP contribution in [0.1, 0.15) is 5.56 Å². The maximum atomic E-state index is 12.0. The van der Waals surface area contributed by atoms with Crippen LogP contribution in [0.25, 0.3) is 0 Å². The minimum atomic E-state index is -0.0248. The van der Waals surface area contributed by atoms with Crippen molar-refractivity contribution in [3.63, 3.8) is 0 Å². The maximum absolute atomic E-state index is 12.0. The highest BCUT2D eigenvalue weighted by Gasteiger charge is 2.20. The Morgan fingerprint density at radius 3 is 2.88 bits per heavy atom. The van der Waals surface area contributed by atoms with Crippen molar-refractivity contribution in [2.24, 2.45) is 0 Å². The van der Waals surface area contributed by atoms with Gasteiger partial charge in [0.15, 0.2) is 5.78 Å². The Morgan fingerprint density at radius 2 is 2.24 bits per heavy atom. The Morgan fingerprint density at radius 1 is 1.41 bits per heavy atom. The Hall–Kier alpha value is -0.220. The van der Waals surface area contributed by atoms with Gasteiger partial charge in [-0.15, -0.1) is 0 Å². The molecule has 0 bridgehead atoms. The summed E-state index contributed by atoms with van der Waals surface area (Å²) in [6.07, 6.45) is 0.412. The lowest BCUT2D eigenvalue weighted by atomic mass is 10.0. The van der Waals surface area contributed by atoms with E-state index in [0.29, 0.717) is 16.5 Å². The maximum Gasteiger partial charge on any atom is 0.154 e. The van der Waals surface area contributed by atoms with Crippen LogP contribution in [0.15, 0.2) is 18.2 Å². The van der Waals surface area contributed by atoms with Gasteiger partial charge in [0.05, 0.1) is 16.1 Å². The smallest absolute Gasteiger partial charge is 0.154 e. The molecule has 1 heterocycles. The molecule has 1 N–H and O–H groups in total. The summed E-state index contributed by atoms with van der Waals surface area (Å²) in [6, 6.07) is 5.32. The third-order valence-electron chi connectivity index (χ3n) is 2.67. The van der Waals surface area contributed by atoms with E-state index in [-0.39, 0.29) is 11.8 Å². The van der Waals surface area contributed by atoms with E-state index in [4.69, 9.17) is 23.2 Å². The second-order valence-corrected chi connectivity index (χ2v) is 5.94. The molecule has 5 heteroatoms. The first-order chi connectivity index (χ1) is 8.16. The number of carbonyl (C=O) groups is 1. The second-order valence-electron chi connectivity index (χ2n) is 3.97. The van der Waals surface area contributed by atoms with Crippen LogP contribution in [-0.2, 0) is 11.2 Å². The van der Waals surface area contributed by atoms with E-state index in [1.807, 2.05) is 17.8 Å². The Balaban J connectivity index is 1.99. The zero-order chi connectivity index (χ0) is 12.3. The Kier molecular flexibility index (Phi) is 4.74. The Labute approximate surface area is 115 Å². The molecule has 0 aromatic heterocycles.